The summed E-state index contributed by atoms with van der Waals surface area (Å²) >= 11 is 0. The molecule has 106 valence electrons. The van der Waals surface area contributed by atoms with E-state index in [1.807, 2.05) is 0 Å². The molecule has 1 fully saturated rings. The third-order valence-corrected chi connectivity index (χ3v) is 5.75. The highest BCUT2D eigenvalue weighted by atomic mass is 31.1. The number of hydrogen-bond donors (Lipinski definition) is 2. The van der Waals surface area contributed by atoms with Gasteiger partial charge in [-0.1, -0.05) is 17.7 Å². The number of rotatable bonds is 2. The number of aryl methyl sites for hydroxylation is 1. The average molecular weight is 288 g/mol. The molecule has 1 aromatic carbocycles. The van der Waals surface area contributed by atoms with Crippen molar-refractivity contribution in [3.63, 3.8) is 0 Å². The Bertz CT molecular complexity index is 598. The monoisotopic (exact) mass is 288 g/mol. The van der Waals surface area contributed by atoms with Crippen LogP contribution in [0.1, 0.15) is 36.3 Å². The Morgan fingerprint density at radius 1 is 1.30 bits per heavy atom. The van der Waals surface area contributed by atoms with Crippen molar-refractivity contribution in [3.8, 4) is 5.75 Å². The summed E-state index contributed by atoms with van der Waals surface area (Å²) in [6, 6.07) is 4.69. The van der Waals surface area contributed by atoms with E-state index in [1.165, 1.54) is 29.3 Å². The van der Waals surface area contributed by atoms with E-state index in [0.29, 0.717) is 20.6 Å². The predicted molar refractivity (Wildman–Crippen MR) is 83.9 cm³/mol. The third kappa shape index (κ3) is 1.70. The normalized spacial score (nSPS) is 34.6. The standard InChI is InChI=1S/C16H21N2OP/c1-8-5-10-15-12(19-16(10)13(6-8)20-18)7-11(17)14(15)9-3-2-4-9/h3,5-6,11-12,14-15,20H,2,4,7,17-18H2,1H3/t11?,12-,14?,15?/m0/s1. The molecule has 0 amide bonds. The molecule has 20 heavy (non-hydrogen) atoms. The van der Waals surface area contributed by atoms with E-state index in [4.69, 9.17) is 16.0 Å². The first-order chi connectivity index (χ1) is 9.69. The van der Waals surface area contributed by atoms with Gasteiger partial charge < -0.3 is 16.0 Å². The van der Waals surface area contributed by atoms with E-state index < -0.39 is 0 Å². The van der Waals surface area contributed by atoms with Gasteiger partial charge in [-0.15, -0.1) is 0 Å². The van der Waals surface area contributed by atoms with Crippen molar-refractivity contribution in [2.24, 2.45) is 17.2 Å². The maximum Gasteiger partial charge on any atom is 0.132 e. The van der Waals surface area contributed by atoms with Gasteiger partial charge in [0.05, 0.1) is 0 Å². The van der Waals surface area contributed by atoms with Crippen molar-refractivity contribution in [1.29, 1.82) is 0 Å². The van der Waals surface area contributed by atoms with Crippen molar-refractivity contribution >= 4 is 14.0 Å². The molecule has 1 saturated carbocycles. The Balaban J connectivity index is 1.81. The molecule has 5 atom stereocenters. The fourth-order valence-corrected chi connectivity index (χ4v) is 4.78. The predicted octanol–water partition coefficient (Wildman–Crippen LogP) is 2.08. The van der Waals surface area contributed by atoms with Crippen molar-refractivity contribution < 1.29 is 4.74 Å². The van der Waals surface area contributed by atoms with Crippen LogP contribution in [0, 0.1) is 12.8 Å². The van der Waals surface area contributed by atoms with Gasteiger partial charge in [-0.25, -0.2) is 0 Å². The Kier molecular flexibility index (Phi) is 2.92. The quantitative estimate of drug-likeness (QED) is 0.647. The van der Waals surface area contributed by atoms with Gasteiger partial charge in [-0.3, -0.25) is 0 Å². The molecule has 1 aliphatic heterocycles. The van der Waals surface area contributed by atoms with E-state index in [1.54, 1.807) is 5.57 Å². The third-order valence-electron chi connectivity index (χ3n) is 5.07. The molecule has 0 spiro atoms. The number of nitrogens with two attached hydrogens (primary N) is 2. The van der Waals surface area contributed by atoms with Gasteiger partial charge >= 0.3 is 0 Å². The van der Waals surface area contributed by atoms with Crippen LogP contribution in [0.3, 0.4) is 0 Å². The molecule has 4 N–H and O–H groups in total. The zero-order valence-electron chi connectivity index (χ0n) is 11.7. The van der Waals surface area contributed by atoms with Crippen molar-refractivity contribution in [3.05, 3.63) is 34.9 Å². The van der Waals surface area contributed by atoms with Crippen LogP contribution in [0.4, 0.5) is 0 Å². The largest absolute Gasteiger partial charge is 0.489 e. The van der Waals surface area contributed by atoms with E-state index in [0.717, 1.165) is 12.2 Å². The summed E-state index contributed by atoms with van der Waals surface area (Å²) in [5, 5.41) is 1.17. The van der Waals surface area contributed by atoms with Crippen LogP contribution in [0.5, 0.6) is 5.75 Å². The molecule has 3 aliphatic rings. The first kappa shape index (κ1) is 12.8. The van der Waals surface area contributed by atoms with Crippen molar-refractivity contribution in [2.45, 2.75) is 44.2 Å². The van der Waals surface area contributed by atoms with Crippen molar-refractivity contribution in [2.75, 3.05) is 0 Å². The van der Waals surface area contributed by atoms with Crippen LogP contribution in [0.25, 0.3) is 0 Å². The van der Waals surface area contributed by atoms with Gasteiger partial charge in [0.25, 0.3) is 0 Å². The van der Waals surface area contributed by atoms with Gasteiger partial charge in [0.2, 0.25) is 0 Å². The lowest BCUT2D eigenvalue weighted by atomic mass is 9.76. The summed E-state index contributed by atoms with van der Waals surface area (Å²) < 4.78 is 6.25. The Hall–Kier alpha value is -0.890. The number of allylic oxidation sites excluding steroid dienone is 1. The number of benzene rings is 1. The minimum Gasteiger partial charge on any atom is -0.489 e. The van der Waals surface area contributed by atoms with Crippen LogP contribution in [0.2, 0.25) is 0 Å². The molecule has 4 heteroatoms. The minimum absolute atomic E-state index is 0.244. The highest BCUT2D eigenvalue weighted by molar-refractivity contribution is 7.44. The molecule has 0 bridgehead atoms. The molecule has 2 aliphatic carbocycles. The number of hydrogen-bond acceptors (Lipinski definition) is 3. The SMILES string of the molecule is Cc1cc(PN)c2c(c1)C1C(C3=CCC3)C(N)C[C@@H]1O2. The highest BCUT2D eigenvalue weighted by Crippen LogP contribution is 2.53. The van der Waals surface area contributed by atoms with Crippen molar-refractivity contribution in [1.82, 2.24) is 0 Å². The Morgan fingerprint density at radius 2 is 2.10 bits per heavy atom. The molecule has 4 rings (SSSR count). The zero-order valence-corrected chi connectivity index (χ0v) is 12.7. The smallest absolute Gasteiger partial charge is 0.132 e. The van der Waals surface area contributed by atoms with Crippen LogP contribution >= 0.6 is 8.73 Å². The van der Waals surface area contributed by atoms with E-state index in [2.05, 4.69) is 25.1 Å². The summed E-state index contributed by atoms with van der Waals surface area (Å²) in [4.78, 5) is 0. The Morgan fingerprint density at radius 3 is 2.75 bits per heavy atom. The molecule has 4 unspecified atom stereocenters. The highest BCUT2D eigenvalue weighted by Gasteiger charge is 2.50. The Labute approximate surface area is 121 Å². The summed E-state index contributed by atoms with van der Waals surface area (Å²) in [6.07, 6.45) is 6.02. The van der Waals surface area contributed by atoms with Gasteiger partial charge in [0.15, 0.2) is 0 Å². The first-order valence-electron chi connectivity index (χ1n) is 7.41. The summed E-state index contributed by atoms with van der Waals surface area (Å²) in [5.41, 5.74) is 16.5. The lowest BCUT2D eigenvalue weighted by molar-refractivity contribution is 0.221. The van der Waals surface area contributed by atoms with Crippen LogP contribution in [-0.2, 0) is 0 Å². The van der Waals surface area contributed by atoms with Gasteiger partial charge in [0.1, 0.15) is 11.9 Å². The summed E-state index contributed by atoms with van der Waals surface area (Å²) in [7, 11) is 0.297. The molecule has 0 radical (unpaired) electrons. The maximum absolute atomic E-state index is 6.40. The second-order valence-electron chi connectivity index (χ2n) is 6.30. The average Bonchev–Trinajstić information content (AvgIpc) is 2.84. The maximum atomic E-state index is 6.40. The molecule has 0 aromatic heterocycles. The van der Waals surface area contributed by atoms with E-state index in [9.17, 15) is 0 Å². The topological polar surface area (TPSA) is 61.3 Å². The summed E-state index contributed by atoms with van der Waals surface area (Å²) in [6.45, 7) is 2.14. The fourth-order valence-electron chi connectivity index (χ4n) is 4.13. The first-order valence-corrected chi connectivity index (χ1v) is 8.49. The van der Waals surface area contributed by atoms with Crippen LogP contribution < -0.4 is 21.3 Å². The molecule has 0 saturated heterocycles. The molecular weight excluding hydrogens is 267 g/mol. The second kappa shape index (κ2) is 4.56. The zero-order chi connectivity index (χ0) is 13.9. The van der Waals surface area contributed by atoms with Gasteiger partial charge in [-0.2, -0.15) is 0 Å². The minimum atomic E-state index is 0.244. The molecule has 1 heterocycles. The lowest BCUT2D eigenvalue weighted by Gasteiger charge is -2.29. The van der Waals surface area contributed by atoms with Gasteiger partial charge in [0, 0.05) is 35.2 Å². The van der Waals surface area contributed by atoms with E-state index >= 15 is 0 Å². The molecule has 3 nitrogen and oxygen atoms in total. The van der Waals surface area contributed by atoms with Crippen LogP contribution in [-0.4, -0.2) is 12.1 Å². The fraction of sp³-hybridized carbons (Fsp3) is 0.500. The van der Waals surface area contributed by atoms with E-state index in [-0.39, 0.29) is 12.1 Å². The molecular formula is C16H21N2OP. The second-order valence-corrected chi connectivity index (χ2v) is 7.13. The molecule has 1 aromatic rings. The number of fused-ring (bicyclic) bond motifs is 3. The van der Waals surface area contributed by atoms with Gasteiger partial charge in [-0.05, 0) is 40.1 Å². The number of ether oxygens (including phenoxy) is 1. The van der Waals surface area contributed by atoms with Crippen LogP contribution in [0.15, 0.2) is 23.8 Å². The summed E-state index contributed by atoms with van der Waals surface area (Å²) in [5.74, 6) is 1.98. The lowest BCUT2D eigenvalue weighted by Crippen LogP contribution is -2.30.